The van der Waals surface area contributed by atoms with E-state index in [2.05, 4.69) is 20.8 Å². The third kappa shape index (κ3) is 5.42. The first-order chi connectivity index (χ1) is 8.77. The first-order valence-electron chi connectivity index (χ1n) is 5.41. The summed E-state index contributed by atoms with van der Waals surface area (Å²) >= 11 is 0. The minimum absolute atomic E-state index is 0.102. The third-order valence-electron chi connectivity index (χ3n) is 1.92. The monoisotopic (exact) mass is 284 g/mol. The van der Waals surface area contributed by atoms with Crippen LogP contribution in [-0.4, -0.2) is 35.7 Å². The minimum Gasteiger partial charge on any atom is -0.351 e. The van der Waals surface area contributed by atoms with Gasteiger partial charge in [0.2, 0.25) is 0 Å². The summed E-state index contributed by atoms with van der Waals surface area (Å²) in [5.74, 6) is 1.41. The molecular formula is C11H16N4OS2. The summed E-state index contributed by atoms with van der Waals surface area (Å²) in [7, 11) is 3.41. The molecule has 0 aliphatic rings. The quantitative estimate of drug-likeness (QED) is 0.348. The lowest BCUT2D eigenvalue weighted by Gasteiger charge is -2.04. The Kier molecular flexibility index (Phi) is 7.28. The molecule has 1 amide bonds. The molecule has 1 heterocycles. The van der Waals surface area contributed by atoms with Gasteiger partial charge >= 0.3 is 0 Å². The van der Waals surface area contributed by atoms with E-state index >= 15 is 0 Å². The summed E-state index contributed by atoms with van der Waals surface area (Å²) in [6, 6.07) is 3.44. The zero-order valence-corrected chi connectivity index (χ0v) is 12.0. The molecule has 0 atom stereocenters. The van der Waals surface area contributed by atoms with Gasteiger partial charge in [-0.15, -0.1) is 0 Å². The van der Waals surface area contributed by atoms with E-state index in [9.17, 15) is 4.79 Å². The predicted molar refractivity (Wildman–Crippen MR) is 80.3 cm³/mol. The fraction of sp³-hybridized carbons (Fsp3) is 0.364. The number of aromatic nitrogens is 1. The van der Waals surface area contributed by atoms with Gasteiger partial charge in [-0.2, -0.15) is 5.10 Å². The molecule has 0 aromatic carbocycles. The number of hydrogen-bond donors (Lipinski definition) is 2. The number of nitrogens with one attached hydrogen (secondary N) is 2. The SMILES string of the molecule is C/C=N/Nc1ccc(C(=O)NCCSSC)cn1. The lowest BCUT2D eigenvalue weighted by atomic mass is 10.2. The van der Waals surface area contributed by atoms with Crippen LogP contribution in [0.25, 0.3) is 0 Å². The molecule has 0 bridgehead atoms. The maximum Gasteiger partial charge on any atom is 0.252 e. The second-order valence-corrected chi connectivity index (χ2v) is 5.86. The van der Waals surface area contributed by atoms with Crippen molar-refractivity contribution in [3.63, 3.8) is 0 Å². The maximum atomic E-state index is 11.7. The summed E-state index contributed by atoms with van der Waals surface area (Å²) in [5.41, 5.74) is 3.29. The van der Waals surface area contributed by atoms with Gasteiger partial charge in [-0.1, -0.05) is 21.6 Å². The smallest absolute Gasteiger partial charge is 0.252 e. The molecule has 0 fully saturated rings. The molecule has 5 nitrogen and oxygen atoms in total. The van der Waals surface area contributed by atoms with Gasteiger partial charge in [-0.25, -0.2) is 4.98 Å². The average Bonchev–Trinajstić information content (AvgIpc) is 2.41. The fourth-order valence-corrected chi connectivity index (χ4v) is 2.22. The molecule has 18 heavy (non-hydrogen) atoms. The minimum atomic E-state index is -0.102. The normalized spacial score (nSPS) is 10.6. The van der Waals surface area contributed by atoms with Gasteiger partial charge in [0.25, 0.3) is 5.91 Å². The van der Waals surface area contributed by atoms with E-state index in [4.69, 9.17) is 0 Å². The van der Waals surface area contributed by atoms with Crippen LogP contribution in [0.2, 0.25) is 0 Å². The highest BCUT2D eigenvalue weighted by molar-refractivity contribution is 8.76. The van der Waals surface area contributed by atoms with Crippen LogP contribution in [0.5, 0.6) is 0 Å². The van der Waals surface area contributed by atoms with Crippen molar-refractivity contribution in [2.24, 2.45) is 5.10 Å². The van der Waals surface area contributed by atoms with Crippen LogP contribution in [0, 0.1) is 0 Å². The molecule has 0 saturated carbocycles. The first-order valence-corrected chi connectivity index (χ1v) is 8.14. The Morgan fingerprint density at radius 2 is 2.39 bits per heavy atom. The number of amides is 1. The maximum absolute atomic E-state index is 11.7. The summed E-state index contributed by atoms with van der Waals surface area (Å²) in [6.45, 7) is 2.46. The predicted octanol–water partition coefficient (Wildman–Crippen LogP) is 2.24. The number of rotatable bonds is 7. The lowest BCUT2D eigenvalue weighted by molar-refractivity contribution is 0.0956. The topological polar surface area (TPSA) is 66.4 Å². The zero-order chi connectivity index (χ0) is 13.2. The molecule has 0 spiro atoms. The van der Waals surface area contributed by atoms with Crippen molar-refractivity contribution in [1.29, 1.82) is 0 Å². The second-order valence-electron chi connectivity index (χ2n) is 3.18. The number of nitrogens with zero attached hydrogens (tertiary/aromatic N) is 2. The van der Waals surface area contributed by atoms with Crippen molar-refractivity contribution in [3.8, 4) is 0 Å². The van der Waals surface area contributed by atoms with Gasteiger partial charge in [0.05, 0.1) is 5.56 Å². The molecule has 1 rings (SSSR count). The molecule has 98 valence electrons. The fourth-order valence-electron chi connectivity index (χ4n) is 1.12. The Morgan fingerprint density at radius 3 is 3.00 bits per heavy atom. The van der Waals surface area contributed by atoms with Crippen LogP contribution in [0.3, 0.4) is 0 Å². The molecular weight excluding hydrogens is 268 g/mol. The van der Waals surface area contributed by atoms with E-state index in [1.165, 1.54) is 6.20 Å². The number of carbonyl (C=O) groups is 1. The average molecular weight is 284 g/mol. The molecule has 2 N–H and O–H groups in total. The van der Waals surface area contributed by atoms with Crippen molar-refractivity contribution in [1.82, 2.24) is 10.3 Å². The Balaban J connectivity index is 2.43. The highest BCUT2D eigenvalue weighted by Crippen LogP contribution is 2.15. The van der Waals surface area contributed by atoms with E-state index < -0.39 is 0 Å². The Morgan fingerprint density at radius 1 is 1.56 bits per heavy atom. The van der Waals surface area contributed by atoms with Gasteiger partial charge < -0.3 is 5.32 Å². The van der Waals surface area contributed by atoms with Crippen molar-refractivity contribution in [2.75, 3.05) is 24.0 Å². The van der Waals surface area contributed by atoms with E-state index in [1.807, 2.05) is 6.26 Å². The van der Waals surface area contributed by atoms with Gasteiger partial charge in [-0.3, -0.25) is 10.2 Å². The summed E-state index contributed by atoms with van der Waals surface area (Å²) in [4.78, 5) is 15.8. The van der Waals surface area contributed by atoms with Crippen molar-refractivity contribution in [3.05, 3.63) is 23.9 Å². The van der Waals surface area contributed by atoms with Crippen LogP contribution >= 0.6 is 21.6 Å². The summed E-state index contributed by atoms with van der Waals surface area (Å²) in [6.07, 6.45) is 5.18. The molecule has 1 aromatic rings. The highest BCUT2D eigenvalue weighted by atomic mass is 33.1. The number of hydrogen-bond acceptors (Lipinski definition) is 6. The Labute approximate surface area is 115 Å². The summed E-state index contributed by atoms with van der Waals surface area (Å²) in [5, 5.41) is 6.68. The summed E-state index contributed by atoms with van der Waals surface area (Å²) < 4.78 is 0. The molecule has 0 aliphatic heterocycles. The molecule has 0 radical (unpaired) electrons. The second kappa shape index (κ2) is 8.82. The third-order valence-corrected chi connectivity index (χ3v) is 3.74. The molecule has 1 aromatic heterocycles. The van der Waals surface area contributed by atoms with Crippen LogP contribution < -0.4 is 10.7 Å². The molecule has 0 aliphatic carbocycles. The van der Waals surface area contributed by atoms with Crippen molar-refractivity contribution >= 4 is 39.5 Å². The van der Waals surface area contributed by atoms with Crippen LogP contribution in [0.1, 0.15) is 17.3 Å². The number of pyridine rings is 1. The number of carbonyl (C=O) groups excluding carboxylic acids is 1. The van der Waals surface area contributed by atoms with Gasteiger partial charge in [-0.05, 0) is 25.3 Å². The molecule has 0 saturated heterocycles. The molecule has 0 unspecified atom stereocenters. The van der Waals surface area contributed by atoms with Gasteiger partial charge in [0.1, 0.15) is 5.82 Å². The largest absolute Gasteiger partial charge is 0.351 e. The van der Waals surface area contributed by atoms with Crippen LogP contribution in [0.15, 0.2) is 23.4 Å². The van der Waals surface area contributed by atoms with Crippen LogP contribution in [-0.2, 0) is 0 Å². The zero-order valence-electron chi connectivity index (χ0n) is 10.3. The first kappa shape index (κ1) is 14.8. The Bertz CT molecular complexity index is 395. The van der Waals surface area contributed by atoms with E-state index in [1.54, 1.807) is 46.9 Å². The standard InChI is InChI=1S/C11H16N4OS2/c1-3-14-15-10-5-4-9(8-13-10)11(16)12-6-7-18-17-2/h3-5,8H,6-7H2,1-2H3,(H,12,16)(H,13,15)/b14-3+. The van der Waals surface area contributed by atoms with E-state index in [-0.39, 0.29) is 5.91 Å². The van der Waals surface area contributed by atoms with Crippen LogP contribution in [0.4, 0.5) is 5.82 Å². The van der Waals surface area contributed by atoms with Gasteiger partial charge in [0.15, 0.2) is 0 Å². The van der Waals surface area contributed by atoms with Crippen molar-refractivity contribution in [2.45, 2.75) is 6.92 Å². The van der Waals surface area contributed by atoms with Gasteiger partial charge in [0, 0.05) is 24.7 Å². The number of hydrazone groups is 1. The lowest BCUT2D eigenvalue weighted by Crippen LogP contribution is -2.25. The van der Waals surface area contributed by atoms with Crippen molar-refractivity contribution < 1.29 is 4.79 Å². The van der Waals surface area contributed by atoms with E-state index in [0.717, 1.165) is 5.75 Å². The Hall–Kier alpha value is -1.21. The molecule has 7 heteroatoms. The number of anilines is 1. The van der Waals surface area contributed by atoms with E-state index in [0.29, 0.717) is 17.9 Å². The highest BCUT2D eigenvalue weighted by Gasteiger charge is 2.04.